The van der Waals surface area contributed by atoms with Gasteiger partial charge in [-0.05, 0) is 44.3 Å². The quantitative estimate of drug-likeness (QED) is 0.867. The SMILES string of the molecule is CCN1CCCC(NC(C)c2cccs2)C1. The normalized spacial score (nSPS) is 24.5. The minimum Gasteiger partial charge on any atom is -0.305 e. The molecule has 2 unspecified atom stereocenters. The van der Waals surface area contributed by atoms with Gasteiger partial charge in [0, 0.05) is 23.5 Å². The van der Waals surface area contributed by atoms with Crippen molar-refractivity contribution in [3.8, 4) is 0 Å². The summed E-state index contributed by atoms with van der Waals surface area (Å²) in [5.74, 6) is 0. The number of likely N-dealkylation sites (tertiary alicyclic amines) is 1. The molecule has 1 fully saturated rings. The molecule has 1 aromatic rings. The number of hydrogen-bond acceptors (Lipinski definition) is 3. The molecule has 3 heteroatoms. The maximum atomic E-state index is 3.75. The van der Waals surface area contributed by atoms with E-state index in [2.05, 4.69) is 41.6 Å². The van der Waals surface area contributed by atoms with E-state index in [1.165, 1.54) is 37.4 Å². The van der Waals surface area contributed by atoms with Gasteiger partial charge in [-0.25, -0.2) is 0 Å². The molecule has 2 heterocycles. The second kappa shape index (κ2) is 5.80. The van der Waals surface area contributed by atoms with Crippen LogP contribution >= 0.6 is 11.3 Å². The van der Waals surface area contributed by atoms with E-state index in [9.17, 15) is 0 Å². The molecule has 1 aliphatic heterocycles. The molecule has 0 aliphatic carbocycles. The van der Waals surface area contributed by atoms with Crippen molar-refractivity contribution < 1.29 is 0 Å². The van der Waals surface area contributed by atoms with Crippen LogP contribution in [0.5, 0.6) is 0 Å². The van der Waals surface area contributed by atoms with Crippen molar-refractivity contribution in [2.45, 2.75) is 38.8 Å². The summed E-state index contributed by atoms with van der Waals surface area (Å²) in [5, 5.41) is 5.91. The Hall–Kier alpha value is -0.380. The van der Waals surface area contributed by atoms with Gasteiger partial charge in [0.15, 0.2) is 0 Å². The minimum atomic E-state index is 0.502. The van der Waals surface area contributed by atoms with Crippen molar-refractivity contribution in [2.75, 3.05) is 19.6 Å². The average molecular weight is 238 g/mol. The minimum absolute atomic E-state index is 0.502. The predicted molar refractivity (Wildman–Crippen MR) is 71.0 cm³/mol. The molecule has 0 radical (unpaired) electrons. The highest BCUT2D eigenvalue weighted by atomic mass is 32.1. The number of hydrogen-bond donors (Lipinski definition) is 1. The first-order valence-corrected chi connectivity index (χ1v) is 7.19. The van der Waals surface area contributed by atoms with Crippen LogP contribution in [0.25, 0.3) is 0 Å². The molecule has 1 aliphatic rings. The van der Waals surface area contributed by atoms with Crippen molar-refractivity contribution in [2.24, 2.45) is 0 Å². The van der Waals surface area contributed by atoms with Gasteiger partial charge in [-0.3, -0.25) is 0 Å². The molecule has 2 rings (SSSR count). The Morgan fingerprint density at radius 2 is 2.50 bits per heavy atom. The van der Waals surface area contributed by atoms with E-state index < -0.39 is 0 Å². The van der Waals surface area contributed by atoms with E-state index in [-0.39, 0.29) is 0 Å². The molecule has 0 spiro atoms. The number of thiophene rings is 1. The highest BCUT2D eigenvalue weighted by molar-refractivity contribution is 7.10. The van der Waals surface area contributed by atoms with Gasteiger partial charge in [0.2, 0.25) is 0 Å². The highest BCUT2D eigenvalue weighted by Crippen LogP contribution is 2.20. The molecule has 1 saturated heterocycles. The summed E-state index contributed by atoms with van der Waals surface area (Å²) in [4.78, 5) is 4.00. The molecule has 0 aromatic carbocycles. The van der Waals surface area contributed by atoms with Gasteiger partial charge in [0.1, 0.15) is 0 Å². The standard InChI is InChI=1S/C13H22N2S/c1-3-15-8-4-6-12(10-15)14-11(2)13-7-5-9-16-13/h5,7,9,11-12,14H,3-4,6,8,10H2,1-2H3. The molecule has 0 bridgehead atoms. The van der Waals surface area contributed by atoms with E-state index in [0.29, 0.717) is 12.1 Å². The first-order chi connectivity index (χ1) is 7.79. The lowest BCUT2D eigenvalue weighted by Crippen LogP contribution is -2.46. The molecule has 2 nitrogen and oxygen atoms in total. The zero-order chi connectivity index (χ0) is 11.4. The lowest BCUT2D eigenvalue weighted by Gasteiger charge is -2.33. The molecule has 0 saturated carbocycles. The first-order valence-electron chi connectivity index (χ1n) is 6.31. The Kier molecular flexibility index (Phi) is 4.38. The lowest BCUT2D eigenvalue weighted by atomic mass is 10.0. The molecule has 0 amide bonds. The van der Waals surface area contributed by atoms with Crippen molar-refractivity contribution in [1.82, 2.24) is 10.2 Å². The zero-order valence-corrected chi connectivity index (χ0v) is 11.1. The van der Waals surface area contributed by atoms with Crippen LogP contribution in [-0.4, -0.2) is 30.6 Å². The Morgan fingerprint density at radius 3 is 3.19 bits per heavy atom. The largest absolute Gasteiger partial charge is 0.305 e. The van der Waals surface area contributed by atoms with E-state index >= 15 is 0 Å². The molecular weight excluding hydrogens is 216 g/mol. The van der Waals surface area contributed by atoms with E-state index in [1.807, 2.05) is 11.3 Å². The van der Waals surface area contributed by atoms with E-state index in [1.54, 1.807) is 0 Å². The highest BCUT2D eigenvalue weighted by Gasteiger charge is 2.20. The summed E-state index contributed by atoms with van der Waals surface area (Å²) < 4.78 is 0. The molecule has 16 heavy (non-hydrogen) atoms. The number of likely N-dealkylation sites (N-methyl/N-ethyl adjacent to an activating group) is 1. The summed E-state index contributed by atoms with van der Waals surface area (Å²) >= 11 is 1.85. The van der Waals surface area contributed by atoms with E-state index in [4.69, 9.17) is 0 Å². The van der Waals surface area contributed by atoms with Crippen molar-refractivity contribution in [3.05, 3.63) is 22.4 Å². The van der Waals surface area contributed by atoms with Gasteiger partial charge >= 0.3 is 0 Å². The van der Waals surface area contributed by atoms with Gasteiger partial charge in [-0.2, -0.15) is 0 Å². The third-order valence-corrected chi connectivity index (χ3v) is 4.46. The van der Waals surface area contributed by atoms with Crippen LogP contribution in [-0.2, 0) is 0 Å². The molecular formula is C13H22N2S. The fourth-order valence-corrected chi connectivity index (χ4v) is 3.20. The number of nitrogens with zero attached hydrogens (tertiary/aromatic N) is 1. The summed E-state index contributed by atoms with van der Waals surface area (Å²) in [7, 11) is 0. The number of piperidine rings is 1. The maximum Gasteiger partial charge on any atom is 0.0388 e. The van der Waals surface area contributed by atoms with Gasteiger partial charge in [-0.15, -0.1) is 11.3 Å². The smallest absolute Gasteiger partial charge is 0.0388 e. The molecule has 90 valence electrons. The Balaban J connectivity index is 1.84. The van der Waals surface area contributed by atoms with Crippen LogP contribution in [0.1, 0.15) is 37.6 Å². The van der Waals surface area contributed by atoms with Crippen LogP contribution in [0.4, 0.5) is 0 Å². The van der Waals surface area contributed by atoms with E-state index in [0.717, 1.165) is 0 Å². The van der Waals surface area contributed by atoms with Gasteiger partial charge in [0.25, 0.3) is 0 Å². The van der Waals surface area contributed by atoms with Crippen molar-refractivity contribution in [1.29, 1.82) is 0 Å². The summed E-state index contributed by atoms with van der Waals surface area (Å²) in [6.07, 6.45) is 2.66. The van der Waals surface area contributed by atoms with Gasteiger partial charge in [0.05, 0.1) is 0 Å². The predicted octanol–water partition coefficient (Wildman–Crippen LogP) is 2.88. The fraction of sp³-hybridized carbons (Fsp3) is 0.692. The molecule has 2 atom stereocenters. The maximum absolute atomic E-state index is 3.75. The van der Waals surface area contributed by atoms with Crippen LogP contribution < -0.4 is 5.32 Å². The molecule has 1 N–H and O–H groups in total. The second-order valence-corrected chi connectivity index (χ2v) is 5.62. The lowest BCUT2D eigenvalue weighted by molar-refractivity contribution is 0.192. The topological polar surface area (TPSA) is 15.3 Å². The van der Waals surface area contributed by atoms with Crippen LogP contribution in [0.3, 0.4) is 0 Å². The summed E-state index contributed by atoms with van der Waals surface area (Å²) in [5.41, 5.74) is 0. The summed E-state index contributed by atoms with van der Waals surface area (Å²) in [6, 6.07) is 5.53. The third-order valence-electron chi connectivity index (χ3n) is 3.41. The van der Waals surface area contributed by atoms with Gasteiger partial charge < -0.3 is 10.2 Å². The molecule has 1 aromatic heterocycles. The Bertz CT molecular complexity index is 297. The number of rotatable bonds is 4. The van der Waals surface area contributed by atoms with Gasteiger partial charge in [-0.1, -0.05) is 13.0 Å². The fourth-order valence-electron chi connectivity index (χ4n) is 2.45. The summed E-state index contributed by atoms with van der Waals surface area (Å²) in [6.45, 7) is 8.21. The van der Waals surface area contributed by atoms with Crippen LogP contribution in [0.15, 0.2) is 17.5 Å². The average Bonchev–Trinajstić information content (AvgIpc) is 2.83. The van der Waals surface area contributed by atoms with Crippen molar-refractivity contribution in [3.63, 3.8) is 0 Å². The van der Waals surface area contributed by atoms with Crippen LogP contribution in [0, 0.1) is 0 Å². The third kappa shape index (κ3) is 3.06. The monoisotopic (exact) mass is 238 g/mol. The first kappa shape index (κ1) is 12.1. The second-order valence-electron chi connectivity index (χ2n) is 4.64. The zero-order valence-electron chi connectivity index (χ0n) is 10.3. The Morgan fingerprint density at radius 1 is 1.62 bits per heavy atom. The Labute approximate surface area is 103 Å². The number of nitrogens with one attached hydrogen (secondary N) is 1. The van der Waals surface area contributed by atoms with Crippen molar-refractivity contribution >= 4 is 11.3 Å². The van der Waals surface area contributed by atoms with Crippen LogP contribution in [0.2, 0.25) is 0 Å².